The van der Waals surface area contributed by atoms with Gasteiger partial charge in [0.25, 0.3) is 0 Å². The molecule has 1 saturated carbocycles. The number of aromatic amines is 1. The Morgan fingerprint density at radius 2 is 2.00 bits per heavy atom. The number of halogens is 3. The van der Waals surface area contributed by atoms with E-state index in [1.807, 2.05) is 12.1 Å². The maximum Gasteiger partial charge on any atom is 0.393 e. The van der Waals surface area contributed by atoms with Gasteiger partial charge in [0.05, 0.1) is 17.6 Å². The predicted molar refractivity (Wildman–Crippen MR) is 71.5 cm³/mol. The molecule has 1 aromatic heterocycles. The van der Waals surface area contributed by atoms with Crippen LogP contribution >= 0.6 is 0 Å². The summed E-state index contributed by atoms with van der Waals surface area (Å²) in [6.45, 7) is 0. The maximum atomic E-state index is 13.1. The fourth-order valence-corrected chi connectivity index (χ4v) is 2.99. The molecule has 20 heavy (non-hydrogen) atoms. The number of fused-ring (bicyclic) bond motifs is 1. The van der Waals surface area contributed by atoms with Gasteiger partial charge in [-0.3, -0.25) is 5.10 Å². The van der Waals surface area contributed by atoms with Crippen LogP contribution in [0.25, 0.3) is 10.9 Å². The highest BCUT2D eigenvalue weighted by Gasteiger charge is 2.45. The van der Waals surface area contributed by atoms with Gasteiger partial charge in [0.15, 0.2) is 0 Å². The first-order valence-electron chi connectivity index (χ1n) is 6.81. The molecule has 1 fully saturated rings. The molecular weight excluding hydrogens is 267 g/mol. The van der Waals surface area contributed by atoms with Crippen LogP contribution in [0.2, 0.25) is 0 Å². The molecule has 2 N–H and O–H groups in total. The van der Waals surface area contributed by atoms with Crippen LogP contribution in [0.3, 0.4) is 0 Å². The molecule has 0 spiro atoms. The fraction of sp³-hybridized carbons (Fsp3) is 0.500. The largest absolute Gasteiger partial charge is 0.393 e. The van der Waals surface area contributed by atoms with Crippen molar-refractivity contribution in [2.24, 2.45) is 5.92 Å². The number of nitrogens with zero attached hydrogens (tertiary/aromatic N) is 1. The van der Waals surface area contributed by atoms with Crippen molar-refractivity contribution in [3.8, 4) is 0 Å². The normalized spacial score (nSPS) is 23.9. The summed E-state index contributed by atoms with van der Waals surface area (Å²) in [6, 6.07) is 4.92. The minimum absolute atomic E-state index is 0.211. The molecule has 108 valence electrons. The lowest BCUT2D eigenvalue weighted by Crippen LogP contribution is -2.41. The highest BCUT2D eigenvalue weighted by molar-refractivity contribution is 5.90. The lowest BCUT2D eigenvalue weighted by atomic mass is 9.84. The van der Waals surface area contributed by atoms with Gasteiger partial charge in [-0.1, -0.05) is 18.9 Å². The van der Waals surface area contributed by atoms with Gasteiger partial charge in [0.2, 0.25) is 0 Å². The van der Waals surface area contributed by atoms with Crippen LogP contribution in [-0.2, 0) is 0 Å². The van der Waals surface area contributed by atoms with Crippen LogP contribution in [0.15, 0.2) is 24.4 Å². The quantitative estimate of drug-likeness (QED) is 0.871. The molecule has 0 amide bonds. The zero-order valence-corrected chi connectivity index (χ0v) is 10.9. The van der Waals surface area contributed by atoms with Crippen molar-refractivity contribution in [3.63, 3.8) is 0 Å². The van der Waals surface area contributed by atoms with E-state index < -0.39 is 18.1 Å². The Labute approximate surface area is 114 Å². The van der Waals surface area contributed by atoms with E-state index in [0.29, 0.717) is 12.8 Å². The third kappa shape index (κ3) is 2.46. The van der Waals surface area contributed by atoms with Crippen molar-refractivity contribution in [1.29, 1.82) is 0 Å². The molecule has 2 aromatic rings. The summed E-state index contributed by atoms with van der Waals surface area (Å²) in [6.07, 6.45) is -0.240. The van der Waals surface area contributed by atoms with E-state index in [9.17, 15) is 13.2 Å². The average molecular weight is 283 g/mol. The minimum atomic E-state index is -4.14. The van der Waals surface area contributed by atoms with E-state index >= 15 is 0 Å². The number of hydrogen-bond acceptors (Lipinski definition) is 2. The second-order valence-electron chi connectivity index (χ2n) is 5.32. The molecular formula is C14H16F3N3. The van der Waals surface area contributed by atoms with Gasteiger partial charge in [-0.15, -0.1) is 0 Å². The minimum Gasteiger partial charge on any atom is -0.381 e. The number of nitrogens with one attached hydrogen (secondary N) is 2. The lowest BCUT2D eigenvalue weighted by Gasteiger charge is -2.34. The summed E-state index contributed by atoms with van der Waals surface area (Å²) < 4.78 is 39.3. The van der Waals surface area contributed by atoms with Crippen molar-refractivity contribution in [1.82, 2.24) is 10.2 Å². The summed E-state index contributed by atoms with van der Waals surface area (Å²) in [7, 11) is 0. The van der Waals surface area contributed by atoms with Gasteiger partial charge in [-0.25, -0.2) is 0 Å². The summed E-state index contributed by atoms with van der Waals surface area (Å²) in [4.78, 5) is 0. The zero-order chi connectivity index (χ0) is 14.2. The van der Waals surface area contributed by atoms with Crippen molar-refractivity contribution in [2.45, 2.75) is 37.9 Å². The van der Waals surface area contributed by atoms with E-state index in [2.05, 4.69) is 15.5 Å². The smallest absolute Gasteiger partial charge is 0.381 e. The summed E-state index contributed by atoms with van der Waals surface area (Å²) in [5.74, 6) is -1.27. The topological polar surface area (TPSA) is 40.7 Å². The zero-order valence-electron chi connectivity index (χ0n) is 10.9. The molecule has 0 bridgehead atoms. The van der Waals surface area contributed by atoms with Gasteiger partial charge in [0, 0.05) is 17.1 Å². The Kier molecular flexibility index (Phi) is 3.31. The fourth-order valence-electron chi connectivity index (χ4n) is 2.99. The van der Waals surface area contributed by atoms with E-state index in [1.54, 1.807) is 12.3 Å². The molecule has 3 rings (SSSR count). The van der Waals surface area contributed by atoms with Crippen molar-refractivity contribution >= 4 is 16.6 Å². The van der Waals surface area contributed by atoms with Crippen molar-refractivity contribution < 1.29 is 13.2 Å². The Hall–Kier alpha value is -1.72. The van der Waals surface area contributed by atoms with Crippen LogP contribution < -0.4 is 5.32 Å². The number of benzene rings is 1. The molecule has 0 saturated heterocycles. The first kappa shape index (κ1) is 13.3. The van der Waals surface area contributed by atoms with Gasteiger partial charge in [-0.05, 0) is 25.0 Å². The van der Waals surface area contributed by atoms with Crippen LogP contribution in [0.5, 0.6) is 0 Å². The third-order valence-electron chi connectivity index (χ3n) is 4.01. The van der Waals surface area contributed by atoms with Crippen LogP contribution in [-0.4, -0.2) is 22.4 Å². The number of anilines is 1. The van der Waals surface area contributed by atoms with Crippen molar-refractivity contribution in [3.05, 3.63) is 24.4 Å². The Balaban J connectivity index is 1.87. The Morgan fingerprint density at radius 1 is 1.20 bits per heavy atom. The Bertz CT molecular complexity index is 591. The summed E-state index contributed by atoms with van der Waals surface area (Å²) in [5, 5.41) is 10.7. The van der Waals surface area contributed by atoms with Gasteiger partial charge < -0.3 is 5.32 Å². The number of alkyl halides is 3. The van der Waals surface area contributed by atoms with Crippen LogP contribution in [0, 0.1) is 5.92 Å². The molecule has 2 atom stereocenters. The van der Waals surface area contributed by atoms with Crippen LogP contribution in [0.4, 0.5) is 18.9 Å². The highest BCUT2D eigenvalue weighted by Crippen LogP contribution is 2.39. The van der Waals surface area contributed by atoms with Gasteiger partial charge in [0.1, 0.15) is 0 Å². The van der Waals surface area contributed by atoms with E-state index in [1.165, 1.54) is 0 Å². The van der Waals surface area contributed by atoms with Gasteiger partial charge in [-0.2, -0.15) is 18.3 Å². The molecule has 0 radical (unpaired) electrons. The van der Waals surface area contributed by atoms with Crippen LogP contribution in [0.1, 0.15) is 25.7 Å². The van der Waals surface area contributed by atoms with Gasteiger partial charge >= 0.3 is 6.18 Å². The predicted octanol–water partition coefficient (Wildman–Crippen LogP) is 4.10. The first-order chi connectivity index (χ1) is 9.55. The monoisotopic (exact) mass is 283 g/mol. The molecule has 1 aromatic carbocycles. The lowest BCUT2D eigenvalue weighted by molar-refractivity contribution is -0.184. The maximum absolute atomic E-state index is 13.1. The summed E-state index contributed by atoms with van der Waals surface area (Å²) in [5.41, 5.74) is 1.55. The number of H-pyrrole nitrogens is 1. The van der Waals surface area contributed by atoms with E-state index in [0.717, 1.165) is 23.0 Å². The molecule has 2 unspecified atom stereocenters. The SMILES string of the molecule is FC(F)(F)C1CCCCC1Nc1cccc2[nH]ncc12. The van der Waals surface area contributed by atoms with E-state index in [-0.39, 0.29) is 6.42 Å². The van der Waals surface area contributed by atoms with Crippen molar-refractivity contribution in [2.75, 3.05) is 5.32 Å². The highest BCUT2D eigenvalue weighted by atomic mass is 19.4. The second kappa shape index (κ2) is 5.00. The molecule has 1 aliphatic carbocycles. The summed E-state index contributed by atoms with van der Waals surface area (Å²) >= 11 is 0. The first-order valence-corrected chi connectivity index (χ1v) is 6.81. The Morgan fingerprint density at radius 3 is 2.80 bits per heavy atom. The molecule has 1 heterocycles. The number of rotatable bonds is 2. The second-order valence-corrected chi connectivity index (χ2v) is 5.32. The standard InChI is InChI=1S/C14H16F3N3/c15-14(16,17)10-4-1-2-5-13(10)19-11-6-3-7-12-9(11)8-18-20-12/h3,6-8,10,13,19H,1-2,4-5H2,(H,18,20). The molecule has 6 heteroatoms. The molecule has 0 aliphatic heterocycles. The average Bonchev–Trinajstić information content (AvgIpc) is 2.87. The number of hydrogen-bond donors (Lipinski definition) is 2. The molecule has 1 aliphatic rings. The number of aromatic nitrogens is 2. The molecule has 3 nitrogen and oxygen atoms in total. The third-order valence-corrected chi connectivity index (χ3v) is 4.01. The van der Waals surface area contributed by atoms with E-state index in [4.69, 9.17) is 0 Å².